The van der Waals surface area contributed by atoms with Gasteiger partial charge in [0.15, 0.2) is 0 Å². The van der Waals surface area contributed by atoms with Gasteiger partial charge in [0, 0.05) is 23.2 Å². The summed E-state index contributed by atoms with van der Waals surface area (Å²) in [6.45, 7) is 2.04. The Labute approximate surface area is 131 Å². The predicted octanol–water partition coefficient (Wildman–Crippen LogP) is 4.19. The molecule has 0 saturated carbocycles. The fraction of sp³-hybridized carbons (Fsp3) is 0.0526. The molecule has 0 aliphatic carbocycles. The first-order valence-corrected chi connectivity index (χ1v) is 7.51. The summed E-state index contributed by atoms with van der Waals surface area (Å²) in [5.74, 6) is 0. The molecule has 3 aromatic heterocycles. The van der Waals surface area contributed by atoms with Crippen LogP contribution in [0.2, 0.25) is 0 Å². The van der Waals surface area contributed by atoms with Gasteiger partial charge in [0.25, 0.3) is 0 Å². The van der Waals surface area contributed by atoms with Crippen LogP contribution >= 0.6 is 0 Å². The standard InChI is InChI=1S/C19H12N4/c1-11-9-13-17(21-10-11)16-12(5-4-8-20-16)18-19(13)23-15-7-3-2-6-14(15)22-18/h2-10H,1H3. The normalized spacial score (nSPS) is 11.7. The molecule has 0 radical (unpaired) electrons. The molecule has 0 saturated heterocycles. The molecule has 0 aliphatic heterocycles. The minimum absolute atomic E-state index is 0.875. The molecule has 4 nitrogen and oxygen atoms in total. The molecule has 0 fully saturated rings. The summed E-state index contributed by atoms with van der Waals surface area (Å²) >= 11 is 0. The average molecular weight is 296 g/mol. The zero-order chi connectivity index (χ0) is 15.4. The first kappa shape index (κ1) is 12.4. The van der Waals surface area contributed by atoms with Crippen LogP contribution in [-0.2, 0) is 0 Å². The summed E-state index contributed by atoms with van der Waals surface area (Å²) in [6.07, 6.45) is 3.67. The first-order valence-electron chi connectivity index (χ1n) is 7.51. The fourth-order valence-electron chi connectivity index (χ4n) is 3.10. The Morgan fingerprint density at radius 1 is 0.696 bits per heavy atom. The van der Waals surface area contributed by atoms with Crippen molar-refractivity contribution < 1.29 is 0 Å². The number of fused-ring (bicyclic) bond motifs is 7. The molecule has 0 N–H and O–H groups in total. The number of hydrogen-bond acceptors (Lipinski definition) is 4. The lowest BCUT2D eigenvalue weighted by molar-refractivity contribution is 1.32. The summed E-state index contributed by atoms with van der Waals surface area (Å²) < 4.78 is 0. The Balaban J connectivity index is 2.16. The molecule has 3 heterocycles. The van der Waals surface area contributed by atoms with Crippen molar-refractivity contribution in [2.24, 2.45) is 0 Å². The van der Waals surface area contributed by atoms with Gasteiger partial charge in [0.1, 0.15) is 0 Å². The number of aryl methyl sites for hydroxylation is 1. The van der Waals surface area contributed by atoms with E-state index in [9.17, 15) is 0 Å². The predicted molar refractivity (Wildman–Crippen MR) is 92.4 cm³/mol. The van der Waals surface area contributed by atoms with Crippen LogP contribution in [0.3, 0.4) is 0 Å². The van der Waals surface area contributed by atoms with E-state index in [1.807, 2.05) is 49.5 Å². The van der Waals surface area contributed by atoms with Gasteiger partial charge in [-0.15, -0.1) is 0 Å². The van der Waals surface area contributed by atoms with Crippen LogP contribution in [0, 0.1) is 6.92 Å². The molecule has 0 amide bonds. The largest absolute Gasteiger partial charge is 0.254 e. The molecule has 5 rings (SSSR count). The second kappa shape index (κ2) is 4.43. The highest BCUT2D eigenvalue weighted by atomic mass is 14.8. The van der Waals surface area contributed by atoms with Gasteiger partial charge < -0.3 is 0 Å². The molecule has 4 heteroatoms. The second-order valence-electron chi connectivity index (χ2n) is 5.72. The van der Waals surface area contributed by atoms with Crippen molar-refractivity contribution in [1.82, 2.24) is 19.9 Å². The highest BCUT2D eigenvalue weighted by Crippen LogP contribution is 2.32. The maximum Gasteiger partial charge on any atom is 0.0996 e. The van der Waals surface area contributed by atoms with Gasteiger partial charge in [-0.1, -0.05) is 12.1 Å². The maximum atomic E-state index is 4.87. The van der Waals surface area contributed by atoms with E-state index in [0.717, 1.165) is 49.4 Å². The lowest BCUT2D eigenvalue weighted by atomic mass is 10.1. The summed E-state index contributed by atoms with van der Waals surface area (Å²) in [7, 11) is 0. The van der Waals surface area contributed by atoms with Crippen molar-refractivity contribution >= 4 is 43.9 Å². The molecular weight excluding hydrogens is 284 g/mol. The van der Waals surface area contributed by atoms with Gasteiger partial charge in [-0.2, -0.15) is 0 Å². The Morgan fingerprint density at radius 3 is 2.17 bits per heavy atom. The fourth-order valence-corrected chi connectivity index (χ4v) is 3.10. The monoisotopic (exact) mass is 296 g/mol. The van der Waals surface area contributed by atoms with Gasteiger partial charge >= 0.3 is 0 Å². The topological polar surface area (TPSA) is 51.6 Å². The third kappa shape index (κ3) is 1.72. The zero-order valence-electron chi connectivity index (χ0n) is 12.5. The minimum Gasteiger partial charge on any atom is -0.254 e. The van der Waals surface area contributed by atoms with E-state index in [0.29, 0.717) is 0 Å². The summed E-state index contributed by atoms with van der Waals surface area (Å²) in [4.78, 5) is 18.9. The van der Waals surface area contributed by atoms with Crippen LogP contribution in [0.25, 0.3) is 43.9 Å². The number of pyridine rings is 2. The number of rotatable bonds is 0. The molecular formula is C19H12N4. The summed E-state index contributed by atoms with van der Waals surface area (Å²) in [5.41, 5.74) is 6.41. The van der Waals surface area contributed by atoms with Crippen LogP contribution in [0.4, 0.5) is 0 Å². The first-order chi connectivity index (χ1) is 11.3. The molecule has 108 valence electrons. The average Bonchev–Trinajstić information content (AvgIpc) is 2.60. The molecule has 0 atom stereocenters. The Kier molecular flexibility index (Phi) is 2.39. The molecule has 0 unspecified atom stereocenters. The van der Waals surface area contributed by atoms with Crippen molar-refractivity contribution in [3.63, 3.8) is 0 Å². The van der Waals surface area contributed by atoms with E-state index < -0.39 is 0 Å². The maximum absolute atomic E-state index is 4.87. The number of benzene rings is 2. The Bertz CT molecular complexity index is 1230. The van der Waals surface area contributed by atoms with Gasteiger partial charge in [-0.05, 0) is 42.8 Å². The van der Waals surface area contributed by atoms with Crippen LogP contribution in [0.5, 0.6) is 0 Å². The summed E-state index contributed by atoms with van der Waals surface area (Å²) in [6, 6.07) is 14.0. The quantitative estimate of drug-likeness (QED) is 0.317. The van der Waals surface area contributed by atoms with Gasteiger partial charge in [-0.25, -0.2) is 9.97 Å². The number of para-hydroxylation sites is 2. The lowest BCUT2D eigenvalue weighted by Crippen LogP contribution is -1.94. The smallest absolute Gasteiger partial charge is 0.0996 e. The van der Waals surface area contributed by atoms with E-state index in [1.165, 1.54) is 0 Å². The zero-order valence-corrected chi connectivity index (χ0v) is 12.5. The Hall–Kier alpha value is -3.14. The van der Waals surface area contributed by atoms with Gasteiger partial charge in [-0.3, -0.25) is 9.97 Å². The minimum atomic E-state index is 0.875. The summed E-state index contributed by atoms with van der Waals surface area (Å²) in [5, 5.41) is 1.99. The third-order valence-corrected chi connectivity index (χ3v) is 4.14. The van der Waals surface area contributed by atoms with E-state index in [-0.39, 0.29) is 0 Å². The molecule has 5 aromatic rings. The van der Waals surface area contributed by atoms with Crippen molar-refractivity contribution in [2.45, 2.75) is 6.92 Å². The van der Waals surface area contributed by atoms with Crippen molar-refractivity contribution in [2.75, 3.05) is 0 Å². The van der Waals surface area contributed by atoms with Gasteiger partial charge in [0.05, 0.1) is 33.1 Å². The lowest BCUT2D eigenvalue weighted by Gasteiger charge is -2.09. The van der Waals surface area contributed by atoms with E-state index in [4.69, 9.17) is 9.97 Å². The van der Waals surface area contributed by atoms with Crippen molar-refractivity contribution in [3.8, 4) is 0 Å². The molecule has 2 aromatic carbocycles. The molecule has 23 heavy (non-hydrogen) atoms. The Morgan fingerprint density at radius 2 is 1.39 bits per heavy atom. The SMILES string of the molecule is Cc1cnc2c(c1)c1nc3ccccc3nc1c1cccnc12. The van der Waals surface area contributed by atoms with Crippen LogP contribution in [-0.4, -0.2) is 19.9 Å². The number of nitrogens with zero attached hydrogens (tertiary/aromatic N) is 4. The van der Waals surface area contributed by atoms with Crippen LogP contribution in [0.15, 0.2) is 54.9 Å². The van der Waals surface area contributed by atoms with Gasteiger partial charge in [0.2, 0.25) is 0 Å². The highest BCUT2D eigenvalue weighted by Gasteiger charge is 2.13. The molecule has 0 aliphatic rings. The highest BCUT2D eigenvalue weighted by molar-refractivity contribution is 6.21. The number of hydrogen-bond donors (Lipinski definition) is 0. The molecule has 0 bridgehead atoms. The van der Waals surface area contributed by atoms with E-state index in [1.54, 1.807) is 6.20 Å². The third-order valence-electron chi connectivity index (χ3n) is 4.14. The van der Waals surface area contributed by atoms with E-state index in [2.05, 4.69) is 16.0 Å². The van der Waals surface area contributed by atoms with Crippen LogP contribution < -0.4 is 0 Å². The van der Waals surface area contributed by atoms with E-state index >= 15 is 0 Å². The number of aromatic nitrogens is 4. The van der Waals surface area contributed by atoms with Crippen LogP contribution in [0.1, 0.15) is 5.56 Å². The second-order valence-corrected chi connectivity index (χ2v) is 5.72. The van der Waals surface area contributed by atoms with Crippen molar-refractivity contribution in [1.29, 1.82) is 0 Å². The van der Waals surface area contributed by atoms with Crippen molar-refractivity contribution in [3.05, 3.63) is 60.4 Å². The molecule has 0 spiro atoms.